The zero-order valence-corrected chi connectivity index (χ0v) is 14.2. The number of hydrogen-bond donors (Lipinski definition) is 0. The first-order valence-electron chi connectivity index (χ1n) is 7.31. The number of nitrogens with zero attached hydrogens (tertiary/aromatic N) is 1. The Bertz CT molecular complexity index is 486. The zero-order chi connectivity index (χ0) is 15.8. The number of sulfonamides is 1. The molecule has 5 heteroatoms. The van der Waals surface area contributed by atoms with Gasteiger partial charge in [0, 0.05) is 6.54 Å². The van der Waals surface area contributed by atoms with Crippen molar-refractivity contribution < 1.29 is 13.2 Å². The van der Waals surface area contributed by atoms with Crippen LogP contribution in [0.15, 0.2) is 29.2 Å². The Balaban J connectivity index is 0.000000829. The number of hydrogen-bond acceptors (Lipinski definition) is 3. The molecule has 1 aliphatic rings. The highest BCUT2D eigenvalue weighted by atomic mass is 32.2. The molecule has 116 valence electrons. The summed E-state index contributed by atoms with van der Waals surface area (Å²) in [6, 6.07) is 6.78. The van der Waals surface area contributed by atoms with Crippen LogP contribution in [0.5, 0.6) is 5.75 Å². The number of rotatable bonds is 1. The van der Waals surface area contributed by atoms with Crippen LogP contribution in [-0.4, -0.2) is 31.9 Å². The second kappa shape index (κ2) is 8.97. The molecule has 0 saturated heterocycles. The number of benzene rings is 1. The summed E-state index contributed by atoms with van der Waals surface area (Å²) in [6.45, 7) is 12.6. The monoisotopic (exact) mass is 301 g/mol. The summed E-state index contributed by atoms with van der Waals surface area (Å²) in [5.74, 6) is 0.450. The molecule has 0 aromatic heterocycles. The van der Waals surface area contributed by atoms with E-state index in [2.05, 4.69) is 0 Å². The maximum Gasteiger partial charge on any atom is 0.246 e. The van der Waals surface area contributed by atoms with Crippen LogP contribution in [0.1, 0.15) is 41.5 Å². The van der Waals surface area contributed by atoms with E-state index in [0.717, 1.165) is 0 Å². The second-order valence-corrected chi connectivity index (χ2v) is 5.74. The van der Waals surface area contributed by atoms with Crippen molar-refractivity contribution in [3.05, 3.63) is 24.3 Å². The van der Waals surface area contributed by atoms with E-state index in [0.29, 0.717) is 18.8 Å². The van der Waals surface area contributed by atoms with Gasteiger partial charge in [0.2, 0.25) is 10.0 Å². The first-order valence-corrected chi connectivity index (χ1v) is 8.75. The van der Waals surface area contributed by atoms with Crippen molar-refractivity contribution in [2.75, 3.05) is 13.1 Å². The fourth-order valence-electron chi connectivity index (χ4n) is 1.84. The summed E-state index contributed by atoms with van der Waals surface area (Å²) >= 11 is 0. The van der Waals surface area contributed by atoms with E-state index in [1.807, 2.05) is 41.5 Å². The molecule has 0 saturated carbocycles. The maximum absolute atomic E-state index is 12.2. The molecule has 0 amide bonds. The van der Waals surface area contributed by atoms with E-state index in [9.17, 15) is 8.42 Å². The Hall–Kier alpha value is -1.07. The molecule has 0 bridgehead atoms. The Morgan fingerprint density at radius 1 is 1.20 bits per heavy atom. The molecule has 1 aliphatic heterocycles. The minimum Gasteiger partial charge on any atom is -0.488 e. The van der Waals surface area contributed by atoms with Crippen LogP contribution < -0.4 is 4.74 Å². The van der Waals surface area contributed by atoms with Crippen LogP contribution in [0.25, 0.3) is 0 Å². The minimum atomic E-state index is -3.39. The van der Waals surface area contributed by atoms with Gasteiger partial charge in [-0.2, -0.15) is 4.31 Å². The fourth-order valence-corrected chi connectivity index (χ4v) is 3.48. The molecular weight excluding hydrogens is 274 g/mol. The Morgan fingerprint density at radius 2 is 1.75 bits per heavy atom. The molecule has 0 radical (unpaired) electrons. The van der Waals surface area contributed by atoms with E-state index in [1.54, 1.807) is 24.3 Å². The molecule has 20 heavy (non-hydrogen) atoms. The van der Waals surface area contributed by atoms with Gasteiger partial charge in [-0.05, 0) is 19.1 Å². The SMILES string of the molecule is CC.CC.CCN1CC(C)Oc2ccccc2S1(=O)=O. The van der Waals surface area contributed by atoms with E-state index in [-0.39, 0.29) is 11.0 Å². The number of ether oxygens (including phenoxy) is 1. The molecular formula is C15H27NO3S. The smallest absolute Gasteiger partial charge is 0.246 e. The maximum atomic E-state index is 12.2. The Labute approximate surface area is 123 Å². The molecule has 1 unspecified atom stereocenters. The summed E-state index contributed by atoms with van der Waals surface area (Å²) < 4.78 is 31.5. The predicted octanol–water partition coefficient (Wildman–Crippen LogP) is 3.53. The predicted molar refractivity (Wildman–Crippen MR) is 83.7 cm³/mol. The summed E-state index contributed by atoms with van der Waals surface area (Å²) in [4.78, 5) is 0.265. The molecule has 1 aromatic rings. The molecule has 2 rings (SSSR count). The fraction of sp³-hybridized carbons (Fsp3) is 0.600. The third-order valence-corrected chi connectivity index (χ3v) is 4.59. The van der Waals surface area contributed by atoms with E-state index in [1.165, 1.54) is 4.31 Å². The third-order valence-electron chi connectivity index (χ3n) is 2.61. The quantitative estimate of drug-likeness (QED) is 0.797. The van der Waals surface area contributed by atoms with E-state index >= 15 is 0 Å². The first kappa shape index (κ1) is 18.9. The number of likely N-dealkylation sites (N-methyl/N-ethyl adjacent to an activating group) is 1. The second-order valence-electron chi connectivity index (χ2n) is 3.83. The van der Waals surface area contributed by atoms with Gasteiger partial charge >= 0.3 is 0 Å². The van der Waals surface area contributed by atoms with Crippen molar-refractivity contribution in [1.29, 1.82) is 0 Å². The highest BCUT2D eigenvalue weighted by molar-refractivity contribution is 7.89. The van der Waals surface area contributed by atoms with Crippen molar-refractivity contribution in [3.8, 4) is 5.75 Å². The largest absolute Gasteiger partial charge is 0.488 e. The summed E-state index contributed by atoms with van der Waals surface area (Å²) in [6.07, 6.45) is -0.127. The van der Waals surface area contributed by atoms with E-state index < -0.39 is 10.0 Å². The zero-order valence-electron chi connectivity index (χ0n) is 13.4. The average molecular weight is 301 g/mol. The van der Waals surface area contributed by atoms with Crippen molar-refractivity contribution in [1.82, 2.24) is 4.31 Å². The molecule has 0 spiro atoms. The number of fused-ring (bicyclic) bond motifs is 1. The van der Waals surface area contributed by atoms with Crippen molar-refractivity contribution in [2.24, 2.45) is 0 Å². The average Bonchev–Trinajstić information content (AvgIpc) is 2.58. The lowest BCUT2D eigenvalue weighted by molar-refractivity contribution is 0.194. The highest BCUT2D eigenvalue weighted by Gasteiger charge is 2.31. The van der Waals surface area contributed by atoms with Gasteiger partial charge in [0.25, 0.3) is 0 Å². The van der Waals surface area contributed by atoms with Crippen molar-refractivity contribution in [3.63, 3.8) is 0 Å². The van der Waals surface area contributed by atoms with Gasteiger partial charge in [-0.3, -0.25) is 0 Å². The molecule has 0 N–H and O–H groups in total. The van der Waals surface area contributed by atoms with Crippen LogP contribution in [0, 0.1) is 0 Å². The molecule has 1 heterocycles. The van der Waals surface area contributed by atoms with Crippen molar-refractivity contribution in [2.45, 2.75) is 52.5 Å². The highest BCUT2D eigenvalue weighted by Crippen LogP contribution is 2.30. The lowest BCUT2D eigenvalue weighted by atomic mass is 10.3. The molecule has 0 fully saturated rings. The van der Waals surface area contributed by atoms with Gasteiger partial charge in [0.15, 0.2) is 0 Å². The summed E-state index contributed by atoms with van der Waals surface area (Å²) in [5.41, 5.74) is 0. The lowest BCUT2D eigenvalue weighted by Gasteiger charge is -2.18. The lowest BCUT2D eigenvalue weighted by Crippen LogP contribution is -2.35. The van der Waals surface area contributed by atoms with Crippen molar-refractivity contribution >= 4 is 10.0 Å². The Kier molecular flexibility index (Phi) is 8.49. The van der Waals surface area contributed by atoms with Crippen LogP contribution in [-0.2, 0) is 10.0 Å². The molecule has 1 aromatic carbocycles. The number of para-hydroxylation sites is 1. The summed E-state index contributed by atoms with van der Waals surface area (Å²) in [5, 5.41) is 0. The van der Waals surface area contributed by atoms with E-state index in [4.69, 9.17) is 4.74 Å². The van der Waals surface area contributed by atoms with Gasteiger partial charge in [-0.1, -0.05) is 46.8 Å². The van der Waals surface area contributed by atoms with Gasteiger partial charge in [-0.15, -0.1) is 0 Å². The van der Waals surface area contributed by atoms with Gasteiger partial charge in [0.1, 0.15) is 16.7 Å². The topological polar surface area (TPSA) is 46.6 Å². The normalized spacial score (nSPS) is 20.0. The third kappa shape index (κ3) is 4.21. The van der Waals surface area contributed by atoms with Gasteiger partial charge in [0.05, 0.1) is 6.54 Å². The summed E-state index contributed by atoms with van der Waals surface area (Å²) in [7, 11) is -3.39. The van der Waals surface area contributed by atoms with Crippen LogP contribution in [0.4, 0.5) is 0 Å². The van der Waals surface area contributed by atoms with Crippen LogP contribution >= 0.6 is 0 Å². The van der Waals surface area contributed by atoms with Gasteiger partial charge < -0.3 is 4.74 Å². The van der Waals surface area contributed by atoms with Crippen LogP contribution in [0.2, 0.25) is 0 Å². The molecule has 1 atom stereocenters. The molecule has 4 nitrogen and oxygen atoms in total. The van der Waals surface area contributed by atoms with Gasteiger partial charge in [-0.25, -0.2) is 8.42 Å². The standard InChI is InChI=1S/C11H15NO3S.2C2H6/c1-3-12-8-9(2)15-10-6-4-5-7-11(10)16(12,13)14;2*1-2/h4-7,9H,3,8H2,1-2H3;2*1-2H3. The van der Waals surface area contributed by atoms with Crippen LogP contribution in [0.3, 0.4) is 0 Å². The Morgan fingerprint density at radius 3 is 2.30 bits per heavy atom. The molecule has 0 aliphatic carbocycles. The first-order chi connectivity index (χ1) is 9.55. The minimum absolute atomic E-state index is 0.127.